The first-order valence-electron chi connectivity index (χ1n) is 11.1. The third-order valence-electron chi connectivity index (χ3n) is 6.30. The van der Waals surface area contributed by atoms with Crippen molar-refractivity contribution in [2.75, 3.05) is 7.11 Å². The van der Waals surface area contributed by atoms with Crippen molar-refractivity contribution in [3.8, 4) is 5.75 Å². The van der Waals surface area contributed by atoms with E-state index in [4.69, 9.17) is 14.8 Å². The number of methoxy groups -OCH3 is 1. The van der Waals surface area contributed by atoms with Gasteiger partial charge >= 0.3 is 0 Å². The minimum Gasteiger partial charge on any atom is -0.497 e. The fraction of sp³-hybridized carbons (Fsp3) is 0.0357. The lowest BCUT2D eigenvalue weighted by atomic mass is 9.95. The highest BCUT2D eigenvalue weighted by atomic mass is 32.1. The summed E-state index contributed by atoms with van der Waals surface area (Å²) in [7, 11) is 1.66. The second kappa shape index (κ2) is 7.78. The summed E-state index contributed by atoms with van der Waals surface area (Å²) in [6.45, 7) is 0. The lowest BCUT2D eigenvalue weighted by Gasteiger charge is -2.11. The number of nitrogens with zero attached hydrogens (tertiary/aromatic N) is 5. The zero-order valence-electron chi connectivity index (χ0n) is 18.6. The van der Waals surface area contributed by atoms with Gasteiger partial charge in [0.1, 0.15) is 22.4 Å². The Hall–Kier alpha value is -4.49. The number of ether oxygens (including phenoxy) is 1. The molecule has 0 aliphatic heterocycles. The van der Waals surface area contributed by atoms with Crippen LogP contribution in [-0.2, 0) is 0 Å². The number of thiophene rings is 1. The highest BCUT2D eigenvalue weighted by Crippen LogP contribution is 2.43. The summed E-state index contributed by atoms with van der Waals surface area (Å²) in [4.78, 5) is 14.6. The van der Waals surface area contributed by atoms with E-state index < -0.39 is 0 Å². The molecule has 0 aliphatic rings. The van der Waals surface area contributed by atoms with Crippen molar-refractivity contribution in [2.24, 2.45) is 4.99 Å². The first kappa shape index (κ1) is 19.9. The highest BCUT2D eigenvalue weighted by molar-refractivity contribution is 7.25. The second-order valence-electron chi connectivity index (χ2n) is 8.22. The van der Waals surface area contributed by atoms with Gasteiger partial charge in [-0.05, 0) is 52.1 Å². The fourth-order valence-corrected chi connectivity index (χ4v) is 5.68. The average molecular weight is 472 g/mol. The van der Waals surface area contributed by atoms with Crippen molar-refractivity contribution >= 4 is 76.1 Å². The summed E-state index contributed by atoms with van der Waals surface area (Å²) in [5.74, 6) is 0.816. The number of hydrogen-bond acceptors (Lipinski definition) is 7. The lowest BCUT2D eigenvalue weighted by Crippen LogP contribution is -1.91. The van der Waals surface area contributed by atoms with E-state index in [9.17, 15) is 0 Å². The van der Waals surface area contributed by atoms with Gasteiger partial charge in [0.05, 0.1) is 23.0 Å². The Morgan fingerprint density at radius 2 is 1.60 bits per heavy atom. The van der Waals surface area contributed by atoms with E-state index in [0.717, 1.165) is 69.9 Å². The van der Waals surface area contributed by atoms with Gasteiger partial charge in [0.2, 0.25) is 0 Å². The Labute approximate surface area is 203 Å². The Morgan fingerprint density at radius 1 is 0.800 bits per heavy atom. The molecule has 0 amide bonds. The Kier molecular flexibility index (Phi) is 4.43. The maximum absolute atomic E-state index is 5.27. The number of hydrogen-bond donors (Lipinski definition) is 0. The van der Waals surface area contributed by atoms with Crippen LogP contribution in [0.5, 0.6) is 5.75 Å². The van der Waals surface area contributed by atoms with E-state index in [0.29, 0.717) is 0 Å². The van der Waals surface area contributed by atoms with Gasteiger partial charge in [-0.2, -0.15) is 0 Å². The molecule has 3 aromatic heterocycles. The molecule has 0 bridgehead atoms. The molecule has 7 rings (SSSR count). The minimum absolute atomic E-state index is 0.816. The summed E-state index contributed by atoms with van der Waals surface area (Å²) in [6.07, 6.45) is 5.30. The van der Waals surface area contributed by atoms with Gasteiger partial charge in [0.15, 0.2) is 0 Å². The van der Waals surface area contributed by atoms with Gasteiger partial charge in [0.25, 0.3) is 0 Å². The molecular weight excluding hydrogens is 454 g/mol. The quantitative estimate of drug-likeness (QED) is 0.208. The van der Waals surface area contributed by atoms with E-state index in [1.807, 2.05) is 48.8 Å². The predicted molar refractivity (Wildman–Crippen MR) is 143 cm³/mol. The van der Waals surface area contributed by atoms with Crippen molar-refractivity contribution in [3.63, 3.8) is 0 Å². The van der Waals surface area contributed by atoms with Gasteiger partial charge in [-0.25, -0.2) is 9.97 Å². The second-order valence-corrected chi connectivity index (χ2v) is 9.25. The molecule has 6 nitrogen and oxygen atoms in total. The molecular formula is C28H17N5OS. The number of rotatable bonds is 3. The summed E-state index contributed by atoms with van der Waals surface area (Å²) in [6, 6.07) is 22.5. The third-order valence-corrected chi connectivity index (χ3v) is 7.30. The minimum atomic E-state index is 0.816. The van der Waals surface area contributed by atoms with Crippen LogP contribution in [0.2, 0.25) is 0 Å². The highest BCUT2D eigenvalue weighted by Gasteiger charge is 2.19. The van der Waals surface area contributed by atoms with Crippen LogP contribution in [0.4, 0.5) is 5.69 Å². The number of benzene rings is 4. The summed E-state index contributed by atoms with van der Waals surface area (Å²) in [5.41, 5.74) is 3.56. The monoisotopic (exact) mass is 471 g/mol. The zero-order valence-corrected chi connectivity index (χ0v) is 19.5. The molecule has 0 spiro atoms. The molecule has 166 valence electrons. The molecule has 0 aliphatic carbocycles. The molecule has 0 saturated heterocycles. The first-order chi connectivity index (χ1) is 17.3. The van der Waals surface area contributed by atoms with Crippen molar-refractivity contribution in [3.05, 3.63) is 84.8 Å². The Bertz CT molecular complexity index is 1940. The molecule has 0 fully saturated rings. The molecule has 0 N–H and O–H groups in total. The number of aromatic nitrogens is 4. The van der Waals surface area contributed by atoms with E-state index in [1.165, 1.54) is 0 Å². The van der Waals surface area contributed by atoms with Crippen molar-refractivity contribution < 1.29 is 4.74 Å². The van der Waals surface area contributed by atoms with Crippen LogP contribution in [0.15, 0.2) is 84.2 Å². The maximum atomic E-state index is 5.27. The van der Waals surface area contributed by atoms with Gasteiger partial charge in [0, 0.05) is 28.6 Å². The predicted octanol–water partition coefficient (Wildman–Crippen LogP) is 6.85. The summed E-state index contributed by atoms with van der Waals surface area (Å²) < 4.78 is 6.27. The van der Waals surface area contributed by atoms with E-state index in [1.54, 1.807) is 24.8 Å². The Balaban J connectivity index is 1.60. The van der Waals surface area contributed by atoms with E-state index in [-0.39, 0.29) is 0 Å². The smallest absolute Gasteiger partial charge is 0.149 e. The topological polar surface area (TPSA) is 73.2 Å². The molecule has 0 unspecified atom stereocenters. The van der Waals surface area contributed by atoms with Gasteiger partial charge in [-0.3, -0.25) is 4.99 Å². The van der Waals surface area contributed by atoms with Crippen LogP contribution >= 0.6 is 11.3 Å². The van der Waals surface area contributed by atoms with E-state index >= 15 is 0 Å². The summed E-state index contributed by atoms with van der Waals surface area (Å²) >= 11 is 1.57. The van der Waals surface area contributed by atoms with E-state index in [2.05, 4.69) is 45.4 Å². The molecule has 35 heavy (non-hydrogen) atoms. The SMILES string of the molecule is COc1ccc(C=Nc2cccc3c4ccccc4c4c(nnc5sc6cncnc6c54)c23)cc1. The average Bonchev–Trinajstić information content (AvgIpc) is 3.31. The standard InChI is InChI=1S/C28H17N5OS/c1-34-17-11-9-16(10-12-17)13-30-21-8-4-7-19-18-5-2-3-6-20(18)24-25-26-22(14-29-15-31-26)35-28(25)33-32-27(24)23(19)21/h2-15H,1H3. The van der Waals surface area contributed by atoms with Crippen LogP contribution < -0.4 is 4.74 Å². The van der Waals surface area contributed by atoms with Gasteiger partial charge in [-0.1, -0.05) is 36.4 Å². The molecule has 0 radical (unpaired) electrons. The van der Waals surface area contributed by atoms with Crippen LogP contribution in [0.25, 0.3) is 52.9 Å². The molecule has 0 atom stereocenters. The van der Waals surface area contributed by atoms with Crippen LogP contribution in [0.3, 0.4) is 0 Å². The van der Waals surface area contributed by atoms with Crippen LogP contribution in [0.1, 0.15) is 5.56 Å². The van der Waals surface area contributed by atoms with Gasteiger partial charge in [-0.15, -0.1) is 21.5 Å². The van der Waals surface area contributed by atoms with Crippen LogP contribution in [-0.4, -0.2) is 33.5 Å². The maximum Gasteiger partial charge on any atom is 0.149 e. The number of fused-ring (bicyclic) bond motifs is 10. The van der Waals surface area contributed by atoms with Crippen molar-refractivity contribution in [1.82, 2.24) is 20.2 Å². The normalized spacial score (nSPS) is 12.0. The first-order valence-corrected chi connectivity index (χ1v) is 11.9. The fourth-order valence-electron chi connectivity index (χ4n) is 4.72. The van der Waals surface area contributed by atoms with Crippen LogP contribution in [0, 0.1) is 0 Å². The van der Waals surface area contributed by atoms with Crippen molar-refractivity contribution in [2.45, 2.75) is 0 Å². The lowest BCUT2D eigenvalue weighted by molar-refractivity contribution is 0.415. The molecule has 0 saturated carbocycles. The zero-order chi connectivity index (χ0) is 23.4. The molecule has 7 heteroatoms. The summed E-state index contributed by atoms with van der Waals surface area (Å²) in [5, 5.41) is 15.8. The van der Waals surface area contributed by atoms with Gasteiger partial charge < -0.3 is 4.74 Å². The van der Waals surface area contributed by atoms with Crippen molar-refractivity contribution in [1.29, 1.82) is 0 Å². The Morgan fingerprint density at radius 3 is 2.46 bits per heavy atom. The third kappa shape index (κ3) is 3.05. The largest absolute Gasteiger partial charge is 0.497 e. The number of aliphatic imine (C=N–C) groups is 1. The molecule has 3 heterocycles. The molecule has 7 aromatic rings. The molecule has 4 aromatic carbocycles.